The molecule has 1 fully saturated rings. The van der Waals surface area contributed by atoms with E-state index in [4.69, 9.17) is 16.0 Å². The summed E-state index contributed by atoms with van der Waals surface area (Å²) in [5, 5.41) is 3.57. The number of halogens is 2. The van der Waals surface area contributed by atoms with Crippen molar-refractivity contribution in [1.29, 1.82) is 0 Å². The number of nitrogens with zero attached hydrogens (tertiary/aromatic N) is 1. The maximum Gasteiger partial charge on any atom is 0.336 e. The minimum atomic E-state index is -1.09. The number of carbonyl (C=O) groups is 3. The Morgan fingerprint density at radius 2 is 2.03 bits per heavy atom. The van der Waals surface area contributed by atoms with Gasteiger partial charge < -0.3 is 19.4 Å². The molecule has 2 heterocycles. The van der Waals surface area contributed by atoms with Crippen LogP contribution in [-0.4, -0.2) is 42.1 Å². The van der Waals surface area contributed by atoms with E-state index in [2.05, 4.69) is 5.32 Å². The molecule has 0 radical (unpaired) electrons. The Kier molecular flexibility index (Phi) is 7.31. The van der Waals surface area contributed by atoms with Crippen molar-refractivity contribution >= 4 is 40.7 Å². The normalized spacial score (nSPS) is 16.7. The molecule has 0 saturated carbocycles. The van der Waals surface area contributed by atoms with Gasteiger partial charge in [0.15, 0.2) is 0 Å². The van der Waals surface area contributed by atoms with Gasteiger partial charge in [-0.25, -0.2) is 9.18 Å². The molecule has 0 bridgehead atoms. The number of fused-ring (bicyclic) bond motifs is 1. The Balaban J connectivity index is 1.66. The van der Waals surface area contributed by atoms with Gasteiger partial charge in [0.1, 0.15) is 23.6 Å². The fourth-order valence-electron chi connectivity index (χ4n) is 4.40. The maximum absolute atomic E-state index is 13.5. The van der Waals surface area contributed by atoms with Crippen LogP contribution in [0.25, 0.3) is 22.1 Å². The molecular formula is C26H24ClFN2O5. The predicted octanol–water partition coefficient (Wildman–Crippen LogP) is 4.05. The summed E-state index contributed by atoms with van der Waals surface area (Å²) in [5.74, 6) is -2.06. The summed E-state index contributed by atoms with van der Waals surface area (Å²) < 4.78 is 18.9. The van der Waals surface area contributed by atoms with Crippen molar-refractivity contribution in [3.05, 3.63) is 69.3 Å². The molecule has 1 N–H and O–H groups in total. The van der Waals surface area contributed by atoms with Crippen molar-refractivity contribution in [1.82, 2.24) is 10.2 Å². The van der Waals surface area contributed by atoms with Crippen molar-refractivity contribution in [2.45, 2.75) is 38.1 Å². The predicted molar refractivity (Wildman–Crippen MR) is 130 cm³/mol. The average Bonchev–Trinajstić information content (AvgIpc) is 2.84. The zero-order chi connectivity index (χ0) is 25.1. The number of benzene rings is 2. The molecule has 0 spiro atoms. The molecule has 0 unspecified atom stereocenters. The number of piperidine rings is 1. The molecule has 0 aliphatic carbocycles. The second-order valence-electron chi connectivity index (χ2n) is 8.52. The Hall–Kier alpha value is -3.52. The van der Waals surface area contributed by atoms with Crippen LogP contribution in [-0.2, 0) is 14.4 Å². The van der Waals surface area contributed by atoms with Crippen molar-refractivity contribution in [3.8, 4) is 11.1 Å². The van der Waals surface area contributed by atoms with Crippen LogP contribution < -0.4 is 10.9 Å². The topological polar surface area (TPSA) is 96.7 Å². The van der Waals surface area contributed by atoms with Crippen LogP contribution in [0.3, 0.4) is 0 Å². The van der Waals surface area contributed by atoms with Crippen molar-refractivity contribution in [2.24, 2.45) is 0 Å². The number of amides is 2. The number of aldehydes is 1. The summed E-state index contributed by atoms with van der Waals surface area (Å²) in [6, 6.07) is 9.74. The lowest BCUT2D eigenvalue weighted by atomic mass is 9.94. The minimum absolute atomic E-state index is 0.0853. The van der Waals surface area contributed by atoms with Gasteiger partial charge >= 0.3 is 5.63 Å². The van der Waals surface area contributed by atoms with Crippen LogP contribution in [0.1, 0.15) is 37.7 Å². The van der Waals surface area contributed by atoms with E-state index in [0.29, 0.717) is 54.3 Å². The van der Waals surface area contributed by atoms with E-state index in [9.17, 15) is 23.6 Å². The summed E-state index contributed by atoms with van der Waals surface area (Å²) >= 11 is 6.21. The van der Waals surface area contributed by atoms with E-state index in [1.165, 1.54) is 24.3 Å². The zero-order valence-corrected chi connectivity index (χ0v) is 19.8. The summed E-state index contributed by atoms with van der Waals surface area (Å²) in [4.78, 5) is 50.8. The van der Waals surface area contributed by atoms with E-state index in [0.717, 1.165) is 12.5 Å². The van der Waals surface area contributed by atoms with Gasteiger partial charge in [-0.05, 0) is 42.7 Å². The van der Waals surface area contributed by atoms with Crippen LogP contribution in [0.2, 0.25) is 5.02 Å². The van der Waals surface area contributed by atoms with Gasteiger partial charge in [-0.15, -0.1) is 0 Å². The summed E-state index contributed by atoms with van der Waals surface area (Å²) in [6.45, 7) is 2.57. The van der Waals surface area contributed by atoms with Crippen molar-refractivity contribution in [3.63, 3.8) is 0 Å². The van der Waals surface area contributed by atoms with E-state index in [-0.39, 0.29) is 28.5 Å². The lowest BCUT2D eigenvalue weighted by Gasteiger charge is -2.34. The number of carbonyl (C=O) groups excluding carboxylic acids is 3. The first-order chi connectivity index (χ1) is 16.8. The summed E-state index contributed by atoms with van der Waals surface area (Å²) in [6.07, 6.45) is 2.39. The summed E-state index contributed by atoms with van der Waals surface area (Å²) in [5.41, 5.74) is 0.812. The van der Waals surface area contributed by atoms with Crippen LogP contribution in [0.15, 0.2) is 51.7 Å². The number of nitrogens with one attached hydrogen (secondary N) is 1. The maximum atomic E-state index is 13.5. The Morgan fingerprint density at radius 1 is 1.23 bits per heavy atom. The van der Waals surface area contributed by atoms with E-state index in [1.54, 1.807) is 24.0 Å². The van der Waals surface area contributed by atoms with Crippen molar-refractivity contribution in [2.75, 3.05) is 13.1 Å². The lowest BCUT2D eigenvalue weighted by Crippen LogP contribution is -2.50. The minimum Gasteiger partial charge on any atom is -0.423 e. The Bertz CT molecular complexity index is 1360. The smallest absolute Gasteiger partial charge is 0.336 e. The third kappa shape index (κ3) is 5.27. The number of hydrogen-bond donors (Lipinski definition) is 1. The molecule has 1 aromatic heterocycles. The van der Waals surface area contributed by atoms with Gasteiger partial charge in [0.2, 0.25) is 11.8 Å². The highest BCUT2D eigenvalue weighted by molar-refractivity contribution is 6.33. The lowest BCUT2D eigenvalue weighted by molar-refractivity contribution is -0.137. The largest absolute Gasteiger partial charge is 0.423 e. The highest BCUT2D eigenvalue weighted by atomic mass is 35.5. The van der Waals surface area contributed by atoms with E-state index in [1.807, 2.05) is 0 Å². The molecule has 3 aromatic rings. The van der Waals surface area contributed by atoms with Gasteiger partial charge in [0, 0.05) is 48.1 Å². The molecule has 7 nitrogen and oxygen atoms in total. The van der Waals surface area contributed by atoms with Gasteiger partial charge in [-0.1, -0.05) is 30.7 Å². The van der Waals surface area contributed by atoms with Gasteiger partial charge in [0.25, 0.3) is 0 Å². The summed E-state index contributed by atoms with van der Waals surface area (Å²) in [7, 11) is 0. The Labute approximate surface area is 205 Å². The van der Waals surface area contributed by atoms with Gasteiger partial charge in [0.05, 0.1) is 5.02 Å². The second-order valence-corrected chi connectivity index (χ2v) is 8.92. The SMILES string of the molecule is CCC(=O)N[C@H]1CCCN(C(=O)[C@@H](C=O)c2ccc3c(-c4ccc(F)cc4Cl)cc(=O)oc3c2)C1. The molecule has 1 saturated heterocycles. The van der Waals surface area contributed by atoms with E-state index >= 15 is 0 Å². The third-order valence-corrected chi connectivity index (χ3v) is 6.48. The number of hydrogen-bond acceptors (Lipinski definition) is 5. The first-order valence-electron chi connectivity index (χ1n) is 11.4. The Morgan fingerprint density at radius 3 is 2.74 bits per heavy atom. The molecule has 182 valence electrons. The second kappa shape index (κ2) is 10.4. The quantitative estimate of drug-likeness (QED) is 0.314. The molecule has 1 aliphatic rings. The first kappa shape index (κ1) is 24.6. The van der Waals surface area contributed by atoms with Crippen LogP contribution in [0.5, 0.6) is 0 Å². The first-order valence-corrected chi connectivity index (χ1v) is 11.7. The zero-order valence-electron chi connectivity index (χ0n) is 19.1. The highest BCUT2D eigenvalue weighted by Crippen LogP contribution is 2.34. The molecule has 35 heavy (non-hydrogen) atoms. The number of likely N-dealkylation sites (tertiary alicyclic amines) is 1. The molecular weight excluding hydrogens is 475 g/mol. The van der Waals surface area contributed by atoms with Crippen LogP contribution in [0.4, 0.5) is 4.39 Å². The average molecular weight is 499 g/mol. The molecule has 2 aromatic carbocycles. The fourth-order valence-corrected chi connectivity index (χ4v) is 4.67. The van der Waals surface area contributed by atoms with Gasteiger partial charge in [-0.3, -0.25) is 9.59 Å². The molecule has 4 rings (SSSR count). The van der Waals surface area contributed by atoms with E-state index < -0.39 is 17.4 Å². The van der Waals surface area contributed by atoms with Crippen molar-refractivity contribution < 1.29 is 23.2 Å². The molecule has 2 atom stereocenters. The molecule has 9 heteroatoms. The highest BCUT2D eigenvalue weighted by Gasteiger charge is 2.30. The standard InChI is InChI=1S/C26H24ClFN2O5/c1-2-24(32)29-17-4-3-9-30(13-17)26(34)21(14-31)15-5-7-19-20(12-25(33)35-23(19)10-15)18-8-6-16(28)11-22(18)27/h5-8,10-12,14,17,21H,2-4,9,13H2,1H3,(H,29,32)/t17-,21-/m0/s1. The monoisotopic (exact) mass is 498 g/mol. The molecule has 2 amide bonds. The number of rotatable bonds is 6. The fraction of sp³-hybridized carbons (Fsp3) is 0.308. The van der Waals surface area contributed by atoms with Crippen LogP contribution in [0, 0.1) is 5.82 Å². The molecule has 1 aliphatic heterocycles. The van der Waals surface area contributed by atoms with Gasteiger partial charge in [-0.2, -0.15) is 0 Å². The van der Waals surface area contributed by atoms with Crippen LogP contribution >= 0.6 is 11.6 Å². The third-order valence-electron chi connectivity index (χ3n) is 6.17.